The van der Waals surface area contributed by atoms with Crippen molar-refractivity contribution in [3.63, 3.8) is 0 Å². The summed E-state index contributed by atoms with van der Waals surface area (Å²) >= 11 is 5.26. The number of hydrogen-bond donors (Lipinski definition) is 2. The summed E-state index contributed by atoms with van der Waals surface area (Å²) < 4.78 is 5.05. The van der Waals surface area contributed by atoms with E-state index < -0.39 is 0 Å². The Morgan fingerprint density at radius 3 is 2.80 bits per heavy atom. The van der Waals surface area contributed by atoms with Crippen LogP contribution in [0, 0.1) is 5.92 Å². The minimum atomic E-state index is 0.270. The fourth-order valence-electron chi connectivity index (χ4n) is 2.09. The van der Waals surface area contributed by atoms with E-state index in [1.54, 1.807) is 7.11 Å². The summed E-state index contributed by atoms with van der Waals surface area (Å²) in [7, 11) is 1.70. The number of nitrogens with one attached hydrogen (secondary N) is 2. The Morgan fingerprint density at radius 1 is 1.53 bits per heavy atom. The van der Waals surface area contributed by atoms with E-state index in [0.29, 0.717) is 12.6 Å². The molecule has 1 aliphatic carbocycles. The zero-order valence-electron chi connectivity index (χ0n) is 9.88. The lowest BCUT2D eigenvalue weighted by molar-refractivity contribution is 0.179. The Morgan fingerprint density at radius 2 is 2.27 bits per heavy atom. The van der Waals surface area contributed by atoms with Crippen molar-refractivity contribution < 1.29 is 4.74 Å². The van der Waals surface area contributed by atoms with Gasteiger partial charge in [0, 0.05) is 19.2 Å². The largest absolute Gasteiger partial charge is 0.383 e. The normalized spacial score (nSPS) is 27.4. The predicted octanol–water partition coefficient (Wildman–Crippen LogP) is 1.67. The van der Waals surface area contributed by atoms with Crippen LogP contribution in [0.2, 0.25) is 0 Å². The van der Waals surface area contributed by atoms with Gasteiger partial charge in [0.1, 0.15) is 0 Å². The molecule has 0 spiro atoms. The SMILES string of the molecule is COCC(C)NC(=S)NC1CCCC1C. The highest BCUT2D eigenvalue weighted by atomic mass is 32.1. The Labute approximate surface area is 98.0 Å². The summed E-state index contributed by atoms with van der Waals surface area (Å²) in [6.45, 7) is 5.03. The third-order valence-electron chi connectivity index (χ3n) is 2.97. The molecule has 3 atom stereocenters. The molecule has 0 amide bonds. The predicted molar refractivity (Wildman–Crippen MR) is 67.0 cm³/mol. The van der Waals surface area contributed by atoms with Crippen LogP contribution in [0.4, 0.5) is 0 Å². The molecule has 0 radical (unpaired) electrons. The molecule has 0 aromatic rings. The molecular weight excluding hydrogens is 208 g/mol. The topological polar surface area (TPSA) is 33.3 Å². The molecule has 3 unspecified atom stereocenters. The van der Waals surface area contributed by atoms with Gasteiger partial charge in [0.25, 0.3) is 0 Å². The average Bonchev–Trinajstić information content (AvgIpc) is 2.52. The summed E-state index contributed by atoms with van der Waals surface area (Å²) in [5.41, 5.74) is 0. The van der Waals surface area contributed by atoms with Crippen LogP contribution in [-0.2, 0) is 4.74 Å². The average molecular weight is 230 g/mol. The van der Waals surface area contributed by atoms with Gasteiger partial charge in [-0.25, -0.2) is 0 Å². The van der Waals surface area contributed by atoms with Gasteiger partial charge < -0.3 is 15.4 Å². The van der Waals surface area contributed by atoms with Crippen LogP contribution in [0.3, 0.4) is 0 Å². The first kappa shape index (κ1) is 12.7. The maximum Gasteiger partial charge on any atom is 0.166 e. The number of methoxy groups -OCH3 is 1. The fraction of sp³-hybridized carbons (Fsp3) is 0.909. The lowest BCUT2D eigenvalue weighted by atomic mass is 10.1. The van der Waals surface area contributed by atoms with Crippen molar-refractivity contribution in [2.75, 3.05) is 13.7 Å². The first-order valence-corrected chi connectivity index (χ1v) is 6.10. The molecule has 4 heteroatoms. The van der Waals surface area contributed by atoms with Crippen molar-refractivity contribution in [2.45, 2.75) is 45.2 Å². The Balaban J connectivity index is 2.23. The molecule has 0 bridgehead atoms. The van der Waals surface area contributed by atoms with Gasteiger partial charge in [-0.15, -0.1) is 0 Å². The highest BCUT2D eigenvalue weighted by Crippen LogP contribution is 2.24. The highest BCUT2D eigenvalue weighted by Gasteiger charge is 2.23. The monoisotopic (exact) mass is 230 g/mol. The quantitative estimate of drug-likeness (QED) is 0.720. The first-order valence-electron chi connectivity index (χ1n) is 5.69. The molecule has 0 aromatic heterocycles. The maximum absolute atomic E-state index is 5.26. The lowest BCUT2D eigenvalue weighted by Crippen LogP contribution is -2.47. The van der Waals surface area contributed by atoms with Crippen LogP contribution in [0.25, 0.3) is 0 Å². The van der Waals surface area contributed by atoms with Crippen molar-refractivity contribution in [3.8, 4) is 0 Å². The Kier molecular flexibility index (Phi) is 5.32. The van der Waals surface area contributed by atoms with Crippen molar-refractivity contribution in [3.05, 3.63) is 0 Å². The second-order valence-corrected chi connectivity index (χ2v) is 4.90. The van der Waals surface area contributed by atoms with Crippen LogP contribution >= 0.6 is 12.2 Å². The second kappa shape index (κ2) is 6.28. The van der Waals surface area contributed by atoms with E-state index in [9.17, 15) is 0 Å². The Bertz CT molecular complexity index is 211. The van der Waals surface area contributed by atoms with E-state index in [4.69, 9.17) is 17.0 Å². The van der Waals surface area contributed by atoms with E-state index in [2.05, 4.69) is 24.5 Å². The molecule has 0 heterocycles. The smallest absolute Gasteiger partial charge is 0.166 e. The van der Waals surface area contributed by atoms with Gasteiger partial charge in [-0.1, -0.05) is 13.3 Å². The summed E-state index contributed by atoms with van der Waals surface area (Å²) in [5.74, 6) is 0.738. The molecule has 15 heavy (non-hydrogen) atoms. The van der Waals surface area contributed by atoms with Crippen LogP contribution in [0.5, 0.6) is 0 Å². The standard InChI is InChI=1S/C11H22N2OS/c1-8-5-4-6-10(8)13-11(15)12-9(2)7-14-3/h8-10H,4-7H2,1-3H3,(H2,12,13,15). The van der Waals surface area contributed by atoms with Crippen LogP contribution < -0.4 is 10.6 Å². The zero-order chi connectivity index (χ0) is 11.3. The molecular formula is C11H22N2OS. The molecule has 1 fully saturated rings. The molecule has 2 N–H and O–H groups in total. The molecule has 1 rings (SSSR count). The van der Waals surface area contributed by atoms with E-state index in [1.165, 1.54) is 19.3 Å². The molecule has 3 nitrogen and oxygen atoms in total. The molecule has 0 aromatic carbocycles. The third-order valence-corrected chi connectivity index (χ3v) is 3.21. The van der Waals surface area contributed by atoms with Crippen LogP contribution in [0.1, 0.15) is 33.1 Å². The van der Waals surface area contributed by atoms with Crippen LogP contribution in [-0.4, -0.2) is 30.9 Å². The Hall–Kier alpha value is -0.350. The van der Waals surface area contributed by atoms with Gasteiger partial charge in [-0.3, -0.25) is 0 Å². The molecule has 1 aliphatic rings. The molecule has 0 aliphatic heterocycles. The second-order valence-electron chi connectivity index (χ2n) is 4.49. The van der Waals surface area contributed by atoms with E-state index in [1.807, 2.05) is 0 Å². The van der Waals surface area contributed by atoms with Gasteiger partial charge in [-0.2, -0.15) is 0 Å². The van der Waals surface area contributed by atoms with Gasteiger partial charge in [0.15, 0.2) is 5.11 Å². The minimum Gasteiger partial charge on any atom is -0.383 e. The minimum absolute atomic E-state index is 0.270. The summed E-state index contributed by atoms with van der Waals surface area (Å²) in [5, 5.41) is 7.37. The van der Waals surface area contributed by atoms with Crippen molar-refractivity contribution >= 4 is 17.3 Å². The molecule has 88 valence electrons. The van der Waals surface area contributed by atoms with Gasteiger partial charge in [-0.05, 0) is 37.9 Å². The maximum atomic E-state index is 5.26. The van der Waals surface area contributed by atoms with Gasteiger partial charge >= 0.3 is 0 Å². The summed E-state index contributed by atoms with van der Waals surface area (Å²) in [6.07, 6.45) is 3.87. The zero-order valence-corrected chi connectivity index (χ0v) is 10.7. The fourth-order valence-corrected chi connectivity index (χ4v) is 2.44. The first-order chi connectivity index (χ1) is 7.13. The van der Waals surface area contributed by atoms with Crippen LogP contribution in [0.15, 0.2) is 0 Å². The van der Waals surface area contributed by atoms with Crippen molar-refractivity contribution in [2.24, 2.45) is 5.92 Å². The van der Waals surface area contributed by atoms with Gasteiger partial charge in [0.05, 0.1) is 6.61 Å². The van der Waals surface area contributed by atoms with Crippen molar-refractivity contribution in [1.29, 1.82) is 0 Å². The number of rotatable bonds is 4. The van der Waals surface area contributed by atoms with E-state index >= 15 is 0 Å². The molecule has 0 saturated heterocycles. The summed E-state index contributed by atoms with van der Waals surface area (Å²) in [4.78, 5) is 0. The third kappa shape index (κ3) is 4.34. The van der Waals surface area contributed by atoms with E-state index in [-0.39, 0.29) is 6.04 Å². The highest BCUT2D eigenvalue weighted by molar-refractivity contribution is 7.80. The van der Waals surface area contributed by atoms with Gasteiger partial charge in [0.2, 0.25) is 0 Å². The summed E-state index contributed by atoms with van der Waals surface area (Å²) in [6, 6.07) is 0.825. The number of ether oxygens (including phenoxy) is 1. The number of hydrogen-bond acceptors (Lipinski definition) is 2. The van der Waals surface area contributed by atoms with Crippen molar-refractivity contribution in [1.82, 2.24) is 10.6 Å². The van der Waals surface area contributed by atoms with E-state index in [0.717, 1.165) is 11.0 Å². The lowest BCUT2D eigenvalue weighted by Gasteiger charge is -2.22. The number of thiocarbonyl (C=S) groups is 1. The molecule has 1 saturated carbocycles.